The van der Waals surface area contributed by atoms with Crippen molar-refractivity contribution in [3.05, 3.63) is 82.0 Å². The lowest BCUT2D eigenvalue weighted by Crippen LogP contribution is -2.26. The molecule has 0 aromatic heterocycles. The van der Waals surface area contributed by atoms with Gasteiger partial charge < -0.3 is 28.4 Å². The number of benzene rings is 3. The first-order valence-corrected chi connectivity index (χ1v) is 17.3. The van der Waals surface area contributed by atoms with Gasteiger partial charge in [-0.05, 0) is 128 Å². The van der Waals surface area contributed by atoms with Gasteiger partial charge in [0.05, 0.1) is 68.7 Å². The second kappa shape index (κ2) is 13.4. The molecule has 3 aliphatic rings. The number of epoxide rings is 3. The van der Waals surface area contributed by atoms with Gasteiger partial charge in [0.2, 0.25) is 0 Å². The quantitative estimate of drug-likeness (QED) is 0.0904. The Labute approximate surface area is 282 Å². The van der Waals surface area contributed by atoms with Gasteiger partial charge in [0, 0.05) is 24.7 Å². The van der Waals surface area contributed by atoms with E-state index in [0.717, 1.165) is 67.0 Å². The van der Waals surface area contributed by atoms with Gasteiger partial charge in [-0.15, -0.1) is 0 Å². The fourth-order valence-corrected chi connectivity index (χ4v) is 6.90. The Morgan fingerprint density at radius 3 is 1.12 bits per heavy atom. The first-order valence-electron chi connectivity index (χ1n) is 14.0. The summed E-state index contributed by atoms with van der Waals surface area (Å²) in [6.45, 7) is 6.85. The summed E-state index contributed by atoms with van der Waals surface area (Å²) in [5.74, 6) is 2.73. The largest absolute Gasteiger partial charge is 0.492 e. The lowest BCUT2D eigenvalue weighted by molar-refractivity contribution is 0.281. The summed E-state index contributed by atoms with van der Waals surface area (Å²) >= 11 is 7.18. The van der Waals surface area contributed by atoms with Crippen LogP contribution in [0.4, 0.5) is 0 Å². The number of hydrogen-bond acceptors (Lipinski definition) is 6. The first-order chi connectivity index (χ1) is 19.9. The summed E-state index contributed by atoms with van der Waals surface area (Å²) in [5, 5.41) is 0. The summed E-state index contributed by atoms with van der Waals surface area (Å²) in [5.41, 5.74) is 3.18. The smallest absolute Gasteiger partial charge is 0.132 e. The van der Waals surface area contributed by atoms with Crippen molar-refractivity contribution in [2.75, 3.05) is 39.6 Å². The Kier molecular flexibility index (Phi) is 9.87. The molecule has 3 aromatic rings. The highest BCUT2D eigenvalue weighted by atomic mass is 127. The Balaban J connectivity index is 1.29. The van der Waals surface area contributed by atoms with Gasteiger partial charge in [-0.1, -0.05) is 18.2 Å². The van der Waals surface area contributed by atoms with Crippen LogP contribution in [-0.4, -0.2) is 58.0 Å². The average Bonchev–Trinajstić information content (AvgIpc) is 3.79. The van der Waals surface area contributed by atoms with E-state index < -0.39 is 5.41 Å². The average molecular weight is 894 g/mol. The summed E-state index contributed by atoms with van der Waals surface area (Å²) in [6.07, 6.45) is 3.87. The zero-order valence-corrected chi connectivity index (χ0v) is 29.3. The van der Waals surface area contributed by atoms with E-state index in [1.54, 1.807) is 0 Å². The van der Waals surface area contributed by atoms with Crippen LogP contribution in [0.15, 0.2) is 54.6 Å². The molecule has 0 amide bonds. The van der Waals surface area contributed by atoms with Crippen LogP contribution < -0.4 is 14.2 Å². The molecule has 3 atom stereocenters. The summed E-state index contributed by atoms with van der Waals surface area (Å²) in [7, 11) is 0. The van der Waals surface area contributed by atoms with Crippen molar-refractivity contribution in [1.29, 1.82) is 0 Å². The van der Waals surface area contributed by atoms with Crippen LogP contribution in [0.25, 0.3) is 0 Å². The van der Waals surface area contributed by atoms with Crippen LogP contribution in [0.1, 0.15) is 42.9 Å². The highest BCUT2D eigenvalue weighted by Gasteiger charge is 2.33. The van der Waals surface area contributed by atoms with Crippen molar-refractivity contribution in [2.24, 2.45) is 0 Å². The molecule has 218 valence electrons. The van der Waals surface area contributed by atoms with Gasteiger partial charge in [0.1, 0.15) is 17.2 Å². The van der Waals surface area contributed by atoms with Gasteiger partial charge in [-0.2, -0.15) is 0 Å². The van der Waals surface area contributed by atoms with E-state index in [4.69, 9.17) is 28.4 Å². The Bertz CT molecular complexity index is 1210. The van der Waals surface area contributed by atoms with Crippen molar-refractivity contribution >= 4 is 67.8 Å². The Morgan fingerprint density at radius 1 is 0.585 bits per heavy atom. The number of rotatable bonds is 15. The highest BCUT2D eigenvalue weighted by molar-refractivity contribution is 14.1. The van der Waals surface area contributed by atoms with Crippen molar-refractivity contribution in [1.82, 2.24) is 0 Å². The molecule has 3 saturated heterocycles. The van der Waals surface area contributed by atoms with Crippen molar-refractivity contribution < 1.29 is 28.4 Å². The summed E-state index contributed by atoms with van der Waals surface area (Å²) < 4.78 is 37.6. The topological polar surface area (TPSA) is 65.3 Å². The minimum Gasteiger partial charge on any atom is -0.492 e. The maximum absolute atomic E-state index is 6.11. The molecule has 0 spiro atoms. The Hall–Kier alpha value is -0.870. The lowest BCUT2D eigenvalue weighted by Gasteiger charge is -2.33. The molecule has 3 heterocycles. The van der Waals surface area contributed by atoms with Crippen LogP contribution in [0.2, 0.25) is 0 Å². The minimum atomic E-state index is -0.416. The van der Waals surface area contributed by atoms with Gasteiger partial charge in [0.25, 0.3) is 0 Å². The van der Waals surface area contributed by atoms with E-state index >= 15 is 0 Å². The third kappa shape index (κ3) is 7.81. The van der Waals surface area contributed by atoms with Crippen LogP contribution in [0.5, 0.6) is 17.2 Å². The fraction of sp³-hybridized carbons (Fsp3) is 0.438. The molecule has 6 nitrogen and oxygen atoms in total. The molecule has 0 radical (unpaired) electrons. The zero-order chi connectivity index (χ0) is 28.4. The zero-order valence-electron chi connectivity index (χ0n) is 22.9. The first kappa shape index (κ1) is 30.2. The maximum atomic E-state index is 6.11. The van der Waals surface area contributed by atoms with Gasteiger partial charge >= 0.3 is 0 Å². The molecule has 6 rings (SSSR count). The monoisotopic (exact) mass is 894 g/mol. The van der Waals surface area contributed by atoms with Gasteiger partial charge in [0.15, 0.2) is 0 Å². The van der Waals surface area contributed by atoms with E-state index in [0.29, 0.717) is 38.1 Å². The number of hydrogen-bond donors (Lipinski definition) is 0. The third-order valence-corrected chi connectivity index (χ3v) is 10.4. The molecular weight excluding hydrogens is 861 g/mol. The van der Waals surface area contributed by atoms with Crippen molar-refractivity contribution in [3.63, 3.8) is 0 Å². The second-order valence-corrected chi connectivity index (χ2v) is 14.3. The normalized spacial score (nSPS) is 22.1. The van der Waals surface area contributed by atoms with E-state index in [2.05, 4.69) is 129 Å². The highest BCUT2D eigenvalue weighted by Crippen LogP contribution is 2.43. The summed E-state index contributed by atoms with van der Waals surface area (Å²) in [6, 6.07) is 19.7. The van der Waals surface area contributed by atoms with Crippen molar-refractivity contribution in [2.45, 2.75) is 49.9 Å². The van der Waals surface area contributed by atoms with Crippen LogP contribution >= 0.6 is 67.8 Å². The molecule has 0 bridgehead atoms. The number of ether oxygens (including phenoxy) is 6. The van der Waals surface area contributed by atoms with E-state index in [-0.39, 0.29) is 0 Å². The predicted octanol–water partition coefficient (Wildman–Crippen LogP) is 7.36. The van der Waals surface area contributed by atoms with E-state index in [1.807, 2.05) is 0 Å². The second-order valence-electron chi connectivity index (χ2n) is 10.8. The SMILES string of the molecule is CC(c1ccc(OCCC2CO2)c(I)c1)(c1ccc(OCCC2CO2)c(I)c1)c1ccc(OCCC2CO2)c(I)c1. The van der Waals surface area contributed by atoms with Crippen LogP contribution in [0.3, 0.4) is 0 Å². The van der Waals surface area contributed by atoms with Crippen LogP contribution in [-0.2, 0) is 19.6 Å². The molecule has 0 saturated carbocycles. The summed E-state index contributed by atoms with van der Waals surface area (Å²) in [4.78, 5) is 0. The predicted molar refractivity (Wildman–Crippen MR) is 183 cm³/mol. The molecular formula is C32H33I3O6. The van der Waals surface area contributed by atoms with E-state index in [1.165, 1.54) is 16.7 Å². The third-order valence-electron chi connectivity index (χ3n) is 7.83. The molecule has 3 fully saturated rings. The Morgan fingerprint density at radius 2 is 0.878 bits per heavy atom. The molecule has 3 aromatic carbocycles. The van der Waals surface area contributed by atoms with Gasteiger partial charge in [-0.3, -0.25) is 0 Å². The molecule has 3 aliphatic heterocycles. The van der Waals surface area contributed by atoms with Crippen molar-refractivity contribution in [3.8, 4) is 17.2 Å². The lowest BCUT2D eigenvalue weighted by atomic mass is 9.71. The fourth-order valence-electron chi connectivity index (χ4n) is 4.89. The molecule has 9 heteroatoms. The van der Waals surface area contributed by atoms with Gasteiger partial charge in [-0.25, -0.2) is 0 Å². The standard InChI is InChI=1S/C32H33I3O6/c1-32(20-2-5-29(26(33)14-20)36-11-8-23-17-39-23,21-3-6-30(27(34)15-21)37-12-9-24-18-40-24)22-4-7-31(28(35)16-22)38-13-10-25-19-41-25/h2-7,14-16,23-25H,8-13,17-19H2,1H3. The number of halogens is 3. The van der Waals surface area contributed by atoms with Crippen LogP contribution in [0, 0.1) is 10.7 Å². The maximum Gasteiger partial charge on any atom is 0.132 e. The molecule has 41 heavy (non-hydrogen) atoms. The minimum absolute atomic E-state index is 0.364. The molecule has 3 unspecified atom stereocenters. The van der Waals surface area contributed by atoms with E-state index in [9.17, 15) is 0 Å². The molecule has 0 N–H and O–H groups in total. The molecule has 0 aliphatic carbocycles.